The van der Waals surface area contributed by atoms with Crippen LogP contribution in [0.15, 0.2) is 18.2 Å². The van der Waals surface area contributed by atoms with Gasteiger partial charge in [-0.25, -0.2) is 0 Å². The van der Waals surface area contributed by atoms with Gasteiger partial charge in [0.15, 0.2) is 0 Å². The van der Waals surface area contributed by atoms with E-state index in [0.717, 1.165) is 0 Å². The van der Waals surface area contributed by atoms with E-state index in [1.807, 2.05) is 0 Å². The second-order valence-corrected chi connectivity index (χ2v) is 9.05. The third-order valence-corrected chi connectivity index (χ3v) is 7.83. The molecule has 3 unspecified atom stereocenters. The monoisotopic (exact) mass is 369 g/mol. The van der Waals surface area contributed by atoms with Crippen LogP contribution in [0.4, 0.5) is 5.69 Å². The van der Waals surface area contributed by atoms with Gasteiger partial charge in [-0.3, -0.25) is 0 Å². The lowest BCUT2D eigenvalue weighted by Crippen LogP contribution is -2.53. The minimum atomic E-state index is -0.411. The number of nitrogens with zero attached hydrogens (tertiary/aromatic N) is 1. The molecule has 26 heavy (non-hydrogen) atoms. The lowest BCUT2D eigenvalue weighted by molar-refractivity contribution is 0.0794. The van der Waals surface area contributed by atoms with Gasteiger partial charge in [0.2, 0.25) is 0 Å². The lowest BCUT2D eigenvalue weighted by Gasteiger charge is -2.48. The van der Waals surface area contributed by atoms with E-state index in [-0.39, 0.29) is 11.5 Å². The van der Waals surface area contributed by atoms with Crippen molar-refractivity contribution in [1.82, 2.24) is 0 Å². The summed E-state index contributed by atoms with van der Waals surface area (Å²) < 4.78 is 2.14. The summed E-state index contributed by atoms with van der Waals surface area (Å²) >= 11 is 0. The Hall–Kier alpha value is -1.37. The van der Waals surface area contributed by atoms with E-state index >= 15 is 0 Å². The molecular formula is C23H32NOP. The molecule has 1 heterocycles. The average Bonchev–Trinajstić information content (AvgIpc) is 2.62. The van der Waals surface area contributed by atoms with E-state index in [1.54, 1.807) is 0 Å². The SMILES string of the molecule is Cc1c(C)c(C)c(-c2ccc3c(c2)C(C)C(O)C(C)(C)N3P)c(C)c1C. The summed E-state index contributed by atoms with van der Waals surface area (Å²) in [5, 5.41) is 10.9. The van der Waals surface area contributed by atoms with Crippen molar-refractivity contribution in [3.05, 3.63) is 51.6 Å². The van der Waals surface area contributed by atoms with Crippen molar-refractivity contribution in [2.24, 2.45) is 0 Å². The molecule has 0 saturated heterocycles. The van der Waals surface area contributed by atoms with Gasteiger partial charge in [-0.1, -0.05) is 13.0 Å². The van der Waals surface area contributed by atoms with E-state index < -0.39 is 6.10 Å². The molecule has 0 fully saturated rings. The predicted octanol–water partition coefficient (Wildman–Crippen LogP) is 5.75. The summed E-state index contributed by atoms with van der Waals surface area (Å²) in [7, 11) is 2.80. The van der Waals surface area contributed by atoms with Gasteiger partial charge in [0.25, 0.3) is 0 Å². The standard InChI is InChI=1S/C23H32NOP/c1-12-13(2)15(4)21(16(5)14(12)3)18-9-10-20-19(11-18)17(6)22(25)23(7,8)24(20)26/h9-11,17,22,25H,26H2,1-8H3. The van der Waals surface area contributed by atoms with Crippen molar-refractivity contribution in [2.75, 3.05) is 4.67 Å². The molecule has 1 aliphatic heterocycles. The first-order valence-electron chi connectivity index (χ1n) is 9.44. The van der Waals surface area contributed by atoms with Gasteiger partial charge < -0.3 is 9.78 Å². The van der Waals surface area contributed by atoms with Gasteiger partial charge in [-0.15, -0.1) is 0 Å². The second-order valence-electron chi connectivity index (χ2n) is 8.53. The van der Waals surface area contributed by atoms with E-state index in [0.29, 0.717) is 0 Å². The first-order valence-corrected chi connectivity index (χ1v) is 9.96. The fraction of sp³-hybridized carbons (Fsp3) is 0.478. The number of hydrogen-bond acceptors (Lipinski definition) is 2. The molecular weight excluding hydrogens is 337 g/mol. The molecule has 3 heteroatoms. The van der Waals surface area contributed by atoms with Crippen LogP contribution in [0, 0.1) is 34.6 Å². The second kappa shape index (κ2) is 6.36. The molecule has 3 rings (SSSR count). The lowest BCUT2D eigenvalue weighted by atomic mass is 9.77. The number of fused-ring (bicyclic) bond motifs is 1. The first-order chi connectivity index (χ1) is 12.0. The molecule has 140 valence electrons. The van der Waals surface area contributed by atoms with E-state index in [2.05, 4.69) is 87.6 Å². The topological polar surface area (TPSA) is 23.5 Å². The molecule has 0 bridgehead atoms. The summed E-state index contributed by atoms with van der Waals surface area (Å²) in [5.74, 6) is 0.102. The van der Waals surface area contributed by atoms with E-state index in [4.69, 9.17) is 0 Å². The van der Waals surface area contributed by atoms with Gasteiger partial charge in [0, 0.05) is 11.6 Å². The van der Waals surface area contributed by atoms with Gasteiger partial charge in [0.05, 0.1) is 11.6 Å². The molecule has 0 aromatic heterocycles. The molecule has 0 amide bonds. The normalized spacial score (nSPS) is 21.7. The maximum Gasteiger partial charge on any atom is 0.0835 e. The highest BCUT2D eigenvalue weighted by molar-refractivity contribution is 7.19. The van der Waals surface area contributed by atoms with Crippen LogP contribution >= 0.6 is 9.39 Å². The fourth-order valence-corrected chi connectivity index (χ4v) is 4.85. The number of hydrogen-bond donors (Lipinski definition) is 1. The highest BCUT2D eigenvalue weighted by Gasteiger charge is 2.42. The first kappa shape index (κ1) is 19.4. The van der Waals surface area contributed by atoms with Crippen LogP contribution in [0.5, 0.6) is 0 Å². The van der Waals surface area contributed by atoms with Crippen LogP contribution < -0.4 is 4.67 Å². The number of aliphatic hydroxyl groups is 1. The number of anilines is 1. The maximum atomic E-state index is 10.9. The Morgan fingerprint density at radius 3 is 1.96 bits per heavy atom. The smallest absolute Gasteiger partial charge is 0.0835 e. The van der Waals surface area contributed by atoms with Crippen LogP contribution in [0.2, 0.25) is 0 Å². The van der Waals surface area contributed by atoms with Crippen LogP contribution in [-0.4, -0.2) is 16.7 Å². The van der Waals surface area contributed by atoms with Crippen LogP contribution in [-0.2, 0) is 0 Å². The molecule has 1 N–H and O–H groups in total. The minimum Gasteiger partial charge on any atom is -0.390 e. The largest absolute Gasteiger partial charge is 0.390 e. The molecule has 2 aromatic rings. The summed E-state index contributed by atoms with van der Waals surface area (Å²) in [6.07, 6.45) is -0.411. The molecule has 1 aliphatic rings. The third kappa shape index (κ3) is 2.62. The molecule has 3 atom stereocenters. The van der Waals surface area contributed by atoms with Gasteiger partial charge in [0.1, 0.15) is 0 Å². The summed E-state index contributed by atoms with van der Waals surface area (Å²) in [6.45, 7) is 17.4. The summed E-state index contributed by atoms with van der Waals surface area (Å²) in [6, 6.07) is 6.74. The number of rotatable bonds is 1. The Morgan fingerprint density at radius 2 is 1.42 bits per heavy atom. The Labute approximate surface area is 160 Å². The Bertz CT molecular complexity index is 855. The molecule has 0 aliphatic carbocycles. The van der Waals surface area contributed by atoms with Crippen molar-refractivity contribution in [3.8, 4) is 11.1 Å². The third-order valence-electron chi connectivity index (χ3n) is 6.88. The van der Waals surface area contributed by atoms with Gasteiger partial charge in [-0.2, -0.15) is 0 Å². The highest BCUT2D eigenvalue weighted by atomic mass is 31.0. The average molecular weight is 369 g/mol. The molecule has 2 nitrogen and oxygen atoms in total. The molecule has 0 radical (unpaired) electrons. The quantitative estimate of drug-likeness (QED) is 0.647. The van der Waals surface area contributed by atoms with Gasteiger partial charge >= 0.3 is 0 Å². The minimum absolute atomic E-state index is 0.102. The highest BCUT2D eigenvalue weighted by Crippen LogP contribution is 2.47. The van der Waals surface area contributed by atoms with Crippen molar-refractivity contribution >= 4 is 15.1 Å². The van der Waals surface area contributed by atoms with Crippen molar-refractivity contribution in [1.29, 1.82) is 0 Å². The van der Waals surface area contributed by atoms with E-state index in [1.165, 1.54) is 50.2 Å². The molecule has 0 spiro atoms. The summed E-state index contributed by atoms with van der Waals surface area (Å²) in [4.78, 5) is 0. The van der Waals surface area contributed by atoms with Crippen molar-refractivity contribution in [3.63, 3.8) is 0 Å². The van der Waals surface area contributed by atoms with Crippen LogP contribution in [0.1, 0.15) is 60.1 Å². The van der Waals surface area contributed by atoms with Crippen molar-refractivity contribution in [2.45, 2.75) is 73.0 Å². The predicted molar refractivity (Wildman–Crippen MR) is 116 cm³/mol. The number of aliphatic hydroxyl groups excluding tert-OH is 1. The molecule has 2 aromatic carbocycles. The zero-order chi connectivity index (χ0) is 19.5. The fourth-order valence-electron chi connectivity index (χ4n) is 4.46. The molecule has 0 saturated carbocycles. The van der Waals surface area contributed by atoms with Gasteiger partial charge in [-0.05, 0) is 114 Å². The van der Waals surface area contributed by atoms with Crippen molar-refractivity contribution < 1.29 is 5.11 Å². The summed E-state index contributed by atoms with van der Waals surface area (Å²) in [5.41, 5.74) is 11.6. The maximum absolute atomic E-state index is 10.9. The number of benzene rings is 2. The van der Waals surface area contributed by atoms with Crippen LogP contribution in [0.25, 0.3) is 11.1 Å². The zero-order valence-corrected chi connectivity index (χ0v) is 18.5. The van der Waals surface area contributed by atoms with E-state index in [9.17, 15) is 5.11 Å². The van der Waals surface area contributed by atoms with Crippen LogP contribution in [0.3, 0.4) is 0 Å². The zero-order valence-electron chi connectivity index (χ0n) is 17.4. The Kier molecular flexibility index (Phi) is 4.74. The Morgan fingerprint density at radius 1 is 0.923 bits per heavy atom. The Balaban J connectivity index is 2.24.